The fourth-order valence-electron chi connectivity index (χ4n) is 1.88. The van der Waals surface area contributed by atoms with Gasteiger partial charge < -0.3 is 10.1 Å². The largest absolute Gasteiger partial charge is 0.489 e. The summed E-state index contributed by atoms with van der Waals surface area (Å²) in [5.74, 6) is 0.935. The second-order valence-corrected chi connectivity index (χ2v) is 4.17. The number of ether oxygens (including phenoxy) is 1. The summed E-state index contributed by atoms with van der Waals surface area (Å²) in [4.78, 5) is 11.1. The Hall–Kier alpha value is -1.35. The number of piperidine rings is 1. The van der Waals surface area contributed by atoms with Crippen LogP contribution in [0.1, 0.15) is 30.1 Å². The predicted molar refractivity (Wildman–Crippen MR) is 63.0 cm³/mol. The van der Waals surface area contributed by atoms with Crippen molar-refractivity contribution in [3.05, 3.63) is 29.8 Å². The van der Waals surface area contributed by atoms with E-state index < -0.39 is 0 Å². The molecule has 3 nitrogen and oxygen atoms in total. The fourth-order valence-corrected chi connectivity index (χ4v) is 1.88. The van der Waals surface area contributed by atoms with Gasteiger partial charge in [-0.25, -0.2) is 0 Å². The Bertz CT molecular complexity index is 353. The minimum absolute atomic E-state index is 0.0888. The van der Waals surface area contributed by atoms with Crippen LogP contribution in [0.2, 0.25) is 0 Å². The molecule has 1 N–H and O–H groups in total. The maximum absolute atomic E-state index is 11.1. The highest BCUT2D eigenvalue weighted by molar-refractivity contribution is 5.94. The molecule has 0 radical (unpaired) electrons. The molecule has 1 unspecified atom stereocenters. The summed E-state index contributed by atoms with van der Waals surface area (Å²) >= 11 is 0. The van der Waals surface area contributed by atoms with E-state index in [1.807, 2.05) is 24.3 Å². The number of hydrogen-bond acceptors (Lipinski definition) is 3. The van der Waals surface area contributed by atoms with Gasteiger partial charge in [-0.05, 0) is 50.6 Å². The molecule has 2 rings (SSSR count). The molecule has 1 atom stereocenters. The molecule has 0 aliphatic carbocycles. The zero-order valence-electron chi connectivity index (χ0n) is 9.53. The molecule has 1 aromatic rings. The number of rotatable bonds is 3. The van der Waals surface area contributed by atoms with Crippen molar-refractivity contribution in [2.75, 3.05) is 13.1 Å². The summed E-state index contributed by atoms with van der Waals surface area (Å²) < 4.78 is 5.82. The first kappa shape index (κ1) is 11.1. The summed E-state index contributed by atoms with van der Waals surface area (Å²) in [5, 5.41) is 3.31. The van der Waals surface area contributed by atoms with E-state index in [1.165, 1.54) is 0 Å². The highest BCUT2D eigenvalue weighted by Gasteiger charge is 2.14. The molecule has 3 heteroatoms. The Labute approximate surface area is 95.8 Å². The van der Waals surface area contributed by atoms with E-state index in [1.54, 1.807) is 6.92 Å². The molecule has 1 aliphatic rings. The van der Waals surface area contributed by atoms with Crippen molar-refractivity contribution in [1.82, 2.24) is 5.32 Å². The first-order valence-corrected chi connectivity index (χ1v) is 5.74. The van der Waals surface area contributed by atoms with Gasteiger partial charge in [0.05, 0.1) is 0 Å². The average molecular weight is 219 g/mol. The van der Waals surface area contributed by atoms with Crippen LogP contribution in [0.4, 0.5) is 0 Å². The molecular formula is C13H17NO2. The van der Waals surface area contributed by atoms with Gasteiger partial charge in [0.25, 0.3) is 0 Å². The van der Waals surface area contributed by atoms with Crippen LogP contribution in [0.25, 0.3) is 0 Å². The minimum Gasteiger partial charge on any atom is -0.489 e. The van der Waals surface area contributed by atoms with Crippen molar-refractivity contribution in [3.63, 3.8) is 0 Å². The Balaban J connectivity index is 1.96. The third-order valence-corrected chi connectivity index (χ3v) is 2.82. The molecular weight excluding hydrogens is 202 g/mol. The lowest BCUT2D eigenvalue weighted by Gasteiger charge is -2.23. The standard InChI is InChI=1S/C13H17NO2/c1-10(15)11-4-6-12(7-5-11)16-13-3-2-8-14-9-13/h4-7,13-14H,2-3,8-9H2,1H3. The number of hydrogen-bond donors (Lipinski definition) is 1. The van der Waals surface area contributed by atoms with E-state index >= 15 is 0 Å². The molecule has 0 aromatic heterocycles. The van der Waals surface area contributed by atoms with Gasteiger partial charge in [0.2, 0.25) is 0 Å². The van der Waals surface area contributed by atoms with Crippen molar-refractivity contribution in [1.29, 1.82) is 0 Å². The number of ketones is 1. The van der Waals surface area contributed by atoms with Crippen molar-refractivity contribution < 1.29 is 9.53 Å². The van der Waals surface area contributed by atoms with E-state index in [9.17, 15) is 4.79 Å². The Morgan fingerprint density at radius 2 is 2.12 bits per heavy atom. The van der Waals surface area contributed by atoms with E-state index in [0.29, 0.717) is 0 Å². The fraction of sp³-hybridized carbons (Fsp3) is 0.462. The molecule has 1 aromatic carbocycles. The van der Waals surface area contributed by atoms with Crippen LogP contribution in [-0.4, -0.2) is 25.0 Å². The molecule has 0 saturated carbocycles. The van der Waals surface area contributed by atoms with Crippen molar-refractivity contribution in [2.45, 2.75) is 25.9 Å². The molecule has 0 amide bonds. The van der Waals surface area contributed by atoms with E-state index in [-0.39, 0.29) is 11.9 Å². The van der Waals surface area contributed by atoms with Gasteiger partial charge in [0, 0.05) is 12.1 Å². The van der Waals surface area contributed by atoms with E-state index in [2.05, 4.69) is 5.32 Å². The van der Waals surface area contributed by atoms with Gasteiger partial charge in [0.15, 0.2) is 5.78 Å². The summed E-state index contributed by atoms with van der Waals surface area (Å²) in [7, 11) is 0. The lowest BCUT2D eigenvalue weighted by atomic mass is 10.1. The Morgan fingerprint density at radius 1 is 1.38 bits per heavy atom. The first-order valence-electron chi connectivity index (χ1n) is 5.74. The maximum atomic E-state index is 11.1. The number of nitrogens with one attached hydrogen (secondary N) is 1. The second kappa shape index (κ2) is 5.12. The number of Topliss-reactive ketones (excluding diaryl/α,β-unsaturated/α-hetero) is 1. The predicted octanol–water partition coefficient (Wildman–Crippen LogP) is 2.02. The van der Waals surface area contributed by atoms with Gasteiger partial charge in [-0.3, -0.25) is 4.79 Å². The maximum Gasteiger partial charge on any atom is 0.159 e. The smallest absolute Gasteiger partial charge is 0.159 e. The van der Waals surface area contributed by atoms with Crippen LogP contribution < -0.4 is 10.1 Å². The van der Waals surface area contributed by atoms with E-state index in [0.717, 1.165) is 37.2 Å². The lowest BCUT2D eigenvalue weighted by Crippen LogP contribution is -2.37. The van der Waals surface area contributed by atoms with Gasteiger partial charge in [0.1, 0.15) is 11.9 Å². The van der Waals surface area contributed by atoms with Crippen LogP contribution in [0.3, 0.4) is 0 Å². The molecule has 1 fully saturated rings. The topological polar surface area (TPSA) is 38.3 Å². The van der Waals surface area contributed by atoms with Gasteiger partial charge >= 0.3 is 0 Å². The van der Waals surface area contributed by atoms with Crippen LogP contribution in [-0.2, 0) is 0 Å². The molecule has 1 aliphatic heterocycles. The highest BCUT2D eigenvalue weighted by atomic mass is 16.5. The summed E-state index contributed by atoms with van der Waals surface area (Å²) in [6, 6.07) is 7.36. The molecule has 1 saturated heterocycles. The zero-order chi connectivity index (χ0) is 11.4. The Kier molecular flexibility index (Phi) is 3.57. The summed E-state index contributed by atoms with van der Waals surface area (Å²) in [5.41, 5.74) is 0.731. The highest BCUT2D eigenvalue weighted by Crippen LogP contribution is 2.16. The normalized spacial score (nSPS) is 20.4. The second-order valence-electron chi connectivity index (χ2n) is 4.17. The first-order chi connectivity index (χ1) is 7.75. The summed E-state index contributed by atoms with van der Waals surface area (Å²) in [6.45, 7) is 3.57. The van der Waals surface area contributed by atoms with Crippen molar-refractivity contribution in [3.8, 4) is 5.75 Å². The van der Waals surface area contributed by atoms with Crippen LogP contribution in [0, 0.1) is 0 Å². The van der Waals surface area contributed by atoms with E-state index in [4.69, 9.17) is 4.74 Å². The molecule has 16 heavy (non-hydrogen) atoms. The van der Waals surface area contributed by atoms with Crippen LogP contribution in [0.5, 0.6) is 5.75 Å². The van der Waals surface area contributed by atoms with Crippen molar-refractivity contribution >= 4 is 5.78 Å². The van der Waals surface area contributed by atoms with Gasteiger partial charge in [-0.1, -0.05) is 0 Å². The van der Waals surface area contributed by atoms with Gasteiger partial charge in [-0.15, -0.1) is 0 Å². The number of carbonyl (C=O) groups excluding carboxylic acids is 1. The summed E-state index contributed by atoms with van der Waals surface area (Å²) in [6.07, 6.45) is 2.52. The lowest BCUT2D eigenvalue weighted by molar-refractivity contribution is 0.101. The third kappa shape index (κ3) is 2.83. The molecule has 0 spiro atoms. The Morgan fingerprint density at radius 3 is 2.69 bits per heavy atom. The molecule has 1 heterocycles. The van der Waals surface area contributed by atoms with Crippen LogP contribution in [0.15, 0.2) is 24.3 Å². The van der Waals surface area contributed by atoms with Gasteiger partial charge in [-0.2, -0.15) is 0 Å². The minimum atomic E-state index is 0.0888. The average Bonchev–Trinajstić information content (AvgIpc) is 2.31. The molecule has 0 bridgehead atoms. The SMILES string of the molecule is CC(=O)c1ccc(OC2CCCNC2)cc1. The van der Waals surface area contributed by atoms with Crippen molar-refractivity contribution in [2.24, 2.45) is 0 Å². The quantitative estimate of drug-likeness (QED) is 0.790. The van der Waals surface area contributed by atoms with Crippen LogP contribution >= 0.6 is 0 Å². The third-order valence-electron chi connectivity index (χ3n) is 2.82. The zero-order valence-corrected chi connectivity index (χ0v) is 9.53. The number of benzene rings is 1. The monoisotopic (exact) mass is 219 g/mol. The molecule has 86 valence electrons. The number of carbonyl (C=O) groups is 1.